The van der Waals surface area contributed by atoms with Crippen LogP contribution in [0.4, 0.5) is 5.69 Å². The number of amides is 1. The summed E-state index contributed by atoms with van der Waals surface area (Å²) < 4.78 is 39.0. The number of sulfonamides is 1. The summed E-state index contributed by atoms with van der Waals surface area (Å²) in [4.78, 5) is 12.9. The lowest BCUT2D eigenvalue weighted by molar-refractivity contribution is -0.119. The molecule has 0 spiro atoms. The van der Waals surface area contributed by atoms with E-state index in [1.165, 1.54) is 39.9 Å². The molecule has 9 heteroatoms. The first-order chi connectivity index (χ1) is 15.8. The number of aryl methyl sites for hydroxylation is 1. The summed E-state index contributed by atoms with van der Waals surface area (Å²) in [6.07, 6.45) is 5.02. The van der Waals surface area contributed by atoms with E-state index in [0.29, 0.717) is 23.3 Å². The molecular formula is C24H32N2O5S2. The SMILES string of the molecule is COc1ccc(OC)c(N(CC(=O)NCCSC2CCCC2)S(=O)(=O)c2ccc(C)cc2)c1. The second-order valence-electron chi connectivity index (χ2n) is 7.99. The lowest BCUT2D eigenvalue weighted by atomic mass is 10.2. The molecule has 2 aromatic carbocycles. The van der Waals surface area contributed by atoms with E-state index in [-0.39, 0.29) is 23.0 Å². The zero-order chi connectivity index (χ0) is 23.8. The average molecular weight is 493 g/mol. The van der Waals surface area contributed by atoms with Gasteiger partial charge < -0.3 is 14.8 Å². The van der Waals surface area contributed by atoms with Crippen molar-refractivity contribution in [3.05, 3.63) is 48.0 Å². The quantitative estimate of drug-likeness (QED) is 0.477. The second kappa shape index (κ2) is 11.7. The fraction of sp³-hybridized carbons (Fsp3) is 0.458. The predicted molar refractivity (Wildman–Crippen MR) is 133 cm³/mol. The molecule has 0 radical (unpaired) electrons. The van der Waals surface area contributed by atoms with Crippen LogP contribution in [0, 0.1) is 6.92 Å². The maximum atomic E-state index is 13.6. The number of ether oxygens (including phenoxy) is 2. The van der Waals surface area contributed by atoms with Crippen LogP contribution in [0.1, 0.15) is 31.2 Å². The number of benzene rings is 2. The first-order valence-electron chi connectivity index (χ1n) is 11.0. The van der Waals surface area contributed by atoms with E-state index in [1.807, 2.05) is 18.7 Å². The van der Waals surface area contributed by atoms with Crippen molar-refractivity contribution < 1.29 is 22.7 Å². The van der Waals surface area contributed by atoms with Gasteiger partial charge in [-0.05, 0) is 44.0 Å². The Kier molecular flexibility index (Phi) is 8.91. The molecule has 0 unspecified atom stereocenters. The number of hydrogen-bond acceptors (Lipinski definition) is 6. The molecule has 1 fully saturated rings. The highest BCUT2D eigenvalue weighted by atomic mass is 32.2. The van der Waals surface area contributed by atoms with Crippen LogP contribution in [-0.2, 0) is 14.8 Å². The molecule has 3 rings (SSSR count). The fourth-order valence-electron chi connectivity index (χ4n) is 3.79. The van der Waals surface area contributed by atoms with Gasteiger partial charge in [0.25, 0.3) is 10.0 Å². The van der Waals surface area contributed by atoms with E-state index in [1.54, 1.807) is 42.5 Å². The second-order valence-corrected chi connectivity index (χ2v) is 11.3. The zero-order valence-corrected chi connectivity index (χ0v) is 21.0. The first kappa shape index (κ1) is 25.2. The molecule has 0 saturated heterocycles. The maximum Gasteiger partial charge on any atom is 0.264 e. The average Bonchev–Trinajstić information content (AvgIpc) is 3.33. The van der Waals surface area contributed by atoms with Crippen molar-refractivity contribution in [2.24, 2.45) is 0 Å². The molecule has 0 aromatic heterocycles. The zero-order valence-electron chi connectivity index (χ0n) is 19.4. The third-order valence-electron chi connectivity index (χ3n) is 5.63. The number of methoxy groups -OCH3 is 2. The monoisotopic (exact) mass is 492 g/mol. The number of nitrogens with zero attached hydrogens (tertiary/aromatic N) is 1. The smallest absolute Gasteiger partial charge is 0.264 e. The molecular weight excluding hydrogens is 460 g/mol. The van der Waals surface area contributed by atoms with Crippen molar-refractivity contribution in [3.8, 4) is 11.5 Å². The Hall–Kier alpha value is -2.39. The number of thioether (sulfide) groups is 1. The molecule has 0 atom stereocenters. The van der Waals surface area contributed by atoms with Gasteiger partial charge in [-0.1, -0.05) is 30.5 Å². The van der Waals surface area contributed by atoms with Crippen molar-refractivity contribution in [2.75, 3.05) is 37.4 Å². The van der Waals surface area contributed by atoms with Crippen LogP contribution in [0.25, 0.3) is 0 Å². The first-order valence-corrected chi connectivity index (χ1v) is 13.5. The van der Waals surface area contributed by atoms with Crippen molar-refractivity contribution in [2.45, 2.75) is 42.8 Å². The topological polar surface area (TPSA) is 84.9 Å². The Labute approximate surface area is 200 Å². The number of anilines is 1. The van der Waals surface area contributed by atoms with Crippen molar-refractivity contribution in [1.82, 2.24) is 5.32 Å². The summed E-state index contributed by atoms with van der Waals surface area (Å²) in [7, 11) is -1.08. The number of carbonyl (C=O) groups excluding carboxylic acids is 1. The van der Waals surface area contributed by atoms with E-state index >= 15 is 0 Å². The highest BCUT2D eigenvalue weighted by Gasteiger charge is 2.30. The molecule has 1 N–H and O–H groups in total. The normalized spacial score (nSPS) is 14.2. The highest BCUT2D eigenvalue weighted by molar-refractivity contribution is 7.99. The van der Waals surface area contributed by atoms with Crippen LogP contribution < -0.4 is 19.1 Å². The highest BCUT2D eigenvalue weighted by Crippen LogP contribution is 2.35. The van der Waals surface area contributed by atoms with Gasteiger partial charge in [0.1, 0.15) is 18.0 Å². The molecule has 0 aliphatic heterocycles. The van der Waals surface area contributed by atoms with Crippen molar-refractivity contribution in [1.29, 1.82) is 0 Å². The van der Waals surface area contributed by atoms with Crippen molar-refractivity contribution >= 4 is 33.4 Å². The van der Waals surface area contributed by atoms with Crippen LogP contribution in [0.5, 0.6) is 11.5 Å². The number of carbonyl (C=O) groups is 1. The molecule has 33 heavy (non-hydrogen) atoms. The van der Waals surface area contributed by atoms with Gasteiger partial charge in [0.05, 0.1) is 24.8 Å². The van der Waals surface area contributed by atoms with Gasteiger partial charge >= 0.3 is 0 Å². The number of nitrogens with one attached hydrogen (secondary N) is 1. The van der Waals surface area contributed by atoms with Gasteiger partial charge in [0.2, 0.25) is 5.91 Å². The molecule has 180 valence electrons. The minimum absolute atomic E-state index is 0.0996. The third kappa shape index (κ3) is 6.57. The van der Waals surface area contributed by atoms with Gasteiger partial charge in [0.15, 0.2) is 0 Å². The van der Waals surface area contributed by atoms with E-state index in [9.17, 15) is 13.2 Å². The van der Waals surface area contributed by atoms with Crippen LogP contribution in [0.3, 0.4) is 0 Å². The van der Waals surface area contributed by atoms with E-state index < -0.39 is 10.0 Å². The van der Waals surface area contributed by atoms with Gasteiger partial charge in [-0.2, -0.15) is 11.8 Å². The summed E-state index contributed by atoms with van der Waals surface area (Å²) in [5.74, 6) is 1.23. The van der Waals surface area contributed by atoms with Gasteiger partial charge in [-0.3, -0.25) is 9.10 Å². The summed E-state index contributed by atoms with van der Waals surface area (Å²) in [6.45, 7) is 2.01. The molecule has 0 heterocycles. The molecule has 1 saturated carbocycles. The largest absolute Gasteiger partial charge is 0.497 e. The lowest BCUT2D eigenvalue weighted by Crippen LogP contribution is -2.41. The minimum Gasteiger partial charge on any atom is -0.497 e. The third-order valence-corrected chi connectivity index (χ3v) is 8.79. The predicted octanol–water partition coefficient (Wildman–Crippen LogP) is 4.00. The maximum absolute atomic E-state index is 13.6. The summed E-state index contributed by atoms with van der Waals surface area (Å²) >= 11 is 1.87. The Bertz CT molecular complexity index is 1040. The van der Waals surface area contributed by atoms with E-state index in [0.717, 1.165) is 15.6 Å². The molecule has 7 nitrogen and oxygen atoms in total. The summed E-state index contributed by atoms with van der Waals surface area (Å²) in [5, 5.41) is 3.54. The summed E-state index contributed by atoms with van der Waals surface area (Å²) in [6, 6.07) is 11.4. The Morgan fingerprint density at radius 3 is 2.42 bits per heavy atom. The van der Waals surface area contributed by atoms with E-state index in [2.05, 4.69) is 5.32 Å². The van der Waals surface area contributed by atoms with Crippen LogP contribution in [-0.4, -0.2) is 52.6 Å². The Morgan fingerprint density at radius 2 is 1.79 bits per heavy atom. The Morgan fingerprint density at radius 1 is 1.09 bits per heavy atom. The van der Waals surface area contributed by atoms with Gasteiger partial charge in [-0.15, -0.1) is 0 Å². The van der Waals surface area contributed by atoms with Crippen LogP contribution in [0.15, 0.2) is 47.4 Å². The molecule has 1 aliphatic carbocycles. The van der Waals surface area contributed by atoms with E-state index in [4.69, 9.17) is 9.47 Å². The van der Waals surface area contributed by atoms with Crippen molar-refractivity contribution in [3.63, 3.8) is 0 Å². The molecule has 2 aromatic rings. The lowest BCUT2D eigenvalue weighted by Gasteiger charge is -2.26. The molecule has 1 aliphatic rings. The van der Waals surface area contributed by atoms with Crippen LogP contribution >= 0.6 is 11.8 Å². The standard InChI is InChI=1S/C24H32N2O5S2/c1-18-8-11-21(12-9-18)33(28,29)26(22-16-19(30-2)10-13-23(22)31-3)17-24(27)25-14-15-32-20-6-4-5-7-20/h8-13,16,20H,4-7,14-15,17H2,1-3H3,(H,25,27). The fourth-order valence-corrected chi connectivity index (χ4v) is 6.43. The summed E-state index contributed by atoms with van der Waals surface area (Å²) in [5.41, 5.74) is 1.19. The van der Waals surface area contributed by atoms with Gasteiger partial charge in [-0.25, -0.2) is 8.42 Å². The molecule has 1 amide bonds. The Balaban J connectivity index is 1.82. The number of rotatable bonds is 11. The van der Waals surface area contributed by atoms with Crippen LogP contribution in [0.2, 0.25) is 0 Å². The number of hydrogen-bond donors (Lipinski definition) is 1. The minimum atomic E-state index is -4.04. The van der Waals surface area contributed by atoms with Gasteiger partial charge in [0, 0.05) is 23.6 Å². The molecule has 0 bridgehead atoms.